The van der Waals surface area contributed by atoms with E-state index < -0.39 is 16.1 Å². The molecule has 3 aromatic rings. The van der Waals surface area contributed by atoms with E-state index in [2.05, 4.69) is 0 Å². The van der Waals surface area contributed by atoms with Crippen LogP contribution in [0.3, 0.4) is 0 Å². The molecule has 2 aromatic carbocycles. The monoisotopic (exact) mass is 508 g/mol. The average Bonchev–Trinajstić information content (AvgIpc) is 3.31. The Morgan fingerprint density at radius 1 is 1.03 bits per heavy atom. The second kappa shape index (κ2) is 8.99. The summed E-state index contributed by atoms with van der Waals surface area (Å²) in [6.45, 7) is 0.0409. The van der Waals surface area contributed by atoms with Crippen molar-refractivity contribution in [3.05, 3.63) is 89.9 Å². The van der Waals surface area contributed by atoms with Crippen LogP contribution in [0.15, 0.2) is 57.9 Å². The van der Waals surface area contributed by atoms with Gasteiger partial charge in [0.25, 0.3) is 16.8 Å². The van der Waals surface area contributed by atoms with Gasteiger partial charge in [-0.1, -0.05) is 40.9 Å². The Bertz CT molecular complexity index is 1300. The molecule has 11 heteroatoms. The lowest BCUT2D eigenvalue weighted by Gasteiger charge is -2.12. The number of nitro benzene ring substituents is 1. The maximum absolute atomic E-state index is 12.7. The first-order valence-electron chi connectivity index (χ1n) is 8.96. The van der Waals surface area contributed by atoms with Gasteiger partial charge in [-0.2, -0.15) is 0 Å². The van der Waals surface area contributed by atoms with E-state index in [1.54, 1.807) is 30.3 Å². The number of nitrogens with zero attached hydrogens (tertiary/aromatic N) is 2. The van der Waals surface area contributed by atoms with Crippen LogP contribution in [0.1, 0.15) is 11.3 Å². The molecule has 32 heavy (non-hydrogen) atoms. The minimum absolute atomic E-state index is 0.0409. The van der Waals surface area contributed by atoms with E-state index >= 15 is 0 Å². The van der Waals surface area contributed by atoms with Gasteiger partial charge in [0, 0.05) is 17.2 Å². The van der Waals surface area contributed by atoms with Crippen molar-refractivity contribution >= 4 is 69.5 Å². The summed E-state index contributed by atoms with van der Waals surface area (Å²) >= 11 is 18.5. The van der Waals surface area contributed by atoms with E-state index in [0.29, 0.717) is 15.6 Å². The largest absolute Gasteiger partial charge is 0.456 e. The topological polar surface area (TPSA) is 93.7 Å². The molecule has 2 amide bonds. The smallest absolute Gasteiger partial charge is 0.293 e. The van der Waals surface area contributed by atoms with Crippen molar-refractivity contribution in [2.75, 3.05) is 0 Å². The van der Waals surface area contributed by atoms with Gasteiger partial charge in [-0.05, 0) is 53.7 Å². The second-order valence-electron chi connectivity index (χ2n) is 6.64. The van der Waals surface area contributed by atoms with Gasteiger partial charge in [-0.25, -0.2) is 0 Å². The minimum atomic E-state index is -0.558. The van der Waals surface area contributed by atoms with Crippen molar-refractivity contribution in [1.82, 2.24) is 4.90 Å². The summed E-state index contributed by atoms with van der Waals surface area (Å²) in [7, 11) is 0. The molecule has 0 spiro atoms. The first-order valence-corrected chi connectivity index (χ1v) is 10.9. The number of rotatable bonds is 5. The summed E-state index contributed by atoms with van der Waals surface area (Å²) in [5.74, 6) is 0.0143. The SMILES string of the molecule is O=C1S/C(=C\c2ccc(-c3ccc(Cl)cc3[N+](=O)[O-])o2)C(=O)N1Cc1ccc(Cl)c(Cl)c1. The van der Waals surface area contributed by atoms with Gasteiger partial charge in [0.05, 0.1) is 32.0 Å². The van der Waals surface area contributed by atoms with Gasteiger partial charge in [0.15, 0.2) is 0 Å². The first-order chi connectivity index (χ1) is 15.2. The molecule has 1 saturated heterocycles. The molecule has 1 aliphatic heterocycles. The zero-order chi connectivity index (χ0) is 23.0. The number of halogens is 3. The highest BCUT2D eigenvalue weighted by Gasteiger charge is 2.35. The molecule has 0 unspecified atom stereocenters. The van der Waals surface area contributed by atoms with Crippen molar-refractivity contribution in [3.63, 3.8) is 0 Å². The lowest BCUT2D eigenvalue weighted by molar-refractivity contribution is -0.384. The number of furan rings is 1. The number of benzene rings is 2. The van der Waals surface area contributed by atoms with Gasteiger partial charge in [0.1, 0.15) is 11.5 Å². The van der Waals surface area contributed by atoms with Crippen molar-refractivity contribution < 1.29 is 18.9 Å². The number of carbonyl (C=O) groups is 2. The summed E-state index contributed by atoms with van der Waals surface area (Å²) in [6.07, 6.45) is 1.42. The summed E-state index contributed by atoms with van der Waals surface area (Å²) < 4.78 is 5.68. The normalized spacial score (nSPS) is 15.1. The van der Waals surface area contributed by atoms with Crippen LogP contribution < -0.4 is 0 Å². The summed E-state index contributed by atoms with van der Waals surface area (Å²) in [5, 5.41) is 11.8. The van der Waals surface area contributed by atoms with E-state index in [1.165, 1.54) is 24.3 Å². The Hall–Kier alpha value is -2.78. The fourth-order valence-corrected chi connectivity index (χ4v) is 4.33. The molecule has 7 nitrogen and oxygen atoms in total. The summed E-state index contributed by atoms with van der Waals surface area (Å²) in [5.41, 5.74) is 0.686. The Kier molecular flexibility index (Phi) is 6.30. The van der Waals surface area contributed by atoms with Crippen molar-refractivity contribution in [2.24, 2.45) is 0 Å². The number of nitro groups is 1. The van der Waals surface area contributed by atoms with Crippen LogP contribution in [-0.2, 0) is 11.3 Å². The molecule has 1 aromatic heterocycles. The Morgan fingerprint density at radius 3 is 2.53 bits per heavy atom. The molecule has 0 atom stereocenters. The standard InChI is InChI=1S/C21H11Cl3N2O5S/c22-12-2-4-14(17(8-12)26(29)30)18-6-3-13(31-18)9-19-20(27)25(21(28)32-19)10-11-1-5-15(23)16(24)7-11/h1-9H,10H2/b19-9-. The van der Waals surface area contributed by atoms with Crippen LogP contribution >= 0.6 is 46.6 Å². The number of hydrogen-bond donors (Lipinski definition) is 0. The van der Waals surface area contributed by atoms with Crippen LogP contribution in [0.2, 0.25) is 15.1 Å². The Labute approximate surface area is 200 Å². The highest BCUT2D eigenvalue weighted by atomic mass is 35.5. The summed E-state index contributed by atoms with van der Waals surface area (Å²) in [4.78, 5) is 37.1. The third-order valence-electron chi connectivity index (χ3n) is 4.52. The molecule has 0 saturated carbocycles. The van der Waals surface area contributed by atoms with Crippen LogP contribution in [0.4, 0.5) is 10.5 Å². The van der Waals surface area contributed by atoms with Crippen molar-refractivity contribution in [2.45, 2.75) is 6.54 Å². The highest BCUT2D eigenvalue weighted by Crippen LogP contribution is 2.37. The van der Waals surface area contributed by atoms with E-state index in [-0.39, 0.29) is 39.2 Å². The molecule has 1 aliphatic rings. The number of carbonyl (C=O) groups excluding carboxylic acids is 2. The number of imide groups is 1. The van der Waals surface area contributed by atoms with E-state index in [0.717, 1.165) is 16.7 Å². The molecular formula is C21H11Cl3N2O5S. The van der Waals surface area contributed by atoms with Crippen LogP contribution in [0.5, 0.6) is 0 Å². The maximum atomic E-state index is 12.7. The fourth-order valence-electron chi connectivity index (χ4n) is 3.03. The van der Waals surface area contributed by atoms with Gasteiger partial charge in [0.2, 0.25) is 0 Å². The van der Waals surface area contributed by atoms with Gasteiger partial charge < -0.3 is 4.42 Å². The molecular weight excluding hydrogens is 499 g/mol. The van der Waals surface area contributed by atoms with E-state index in [4.69, 9.17) is 39.2 Å². The number of hydrogen-bond acceptors (Lipinski definition) is 6. The molecule has 0 aliphatic carbocycles. The first kappa shape index (κ1) is 22.4. The number of amides is 2. The molecule has 0 N–H and O–H groups in total. The minimum Gasteiger partial charge on any atom is -0.456 e. The molecule has 162 valence electrons. The lowest BCUT2D eigenvalue weighted by Crippen LogP contribution is -2.27. The van der Waals surface area contributed by atoms with Crippen LogP contribution in [0.25, 0.3) is 17.4 Å². The maximum Gasteiger partial charge on any atom is 0.293 e. The lowest BCUT2D eigenvalue weighted by atomic mass is 10.1. The Morgan fingerprint density at radius 2 is 1.81 bits per heavy atom. The quantitative estimate of drug-likeness (QED) is 0.208. The third kappa shape index (κ3) is 4.54. The van der Waals surface area contributed by atoms with Crippen molar-refractivity contribution in [3.8, 4) is 11.3 Å². The molecule has 1 fully saturated rings. The average molecular weight is 510 g/mol. The van der Waals surface area contributed by atoms with E-state index in [1.807, 2.05) is 0 Å². The van der Waals surface area contributed by atoms with Gasteiger partial charge in [-0.3, -0.25) is 24.6 Å². The Balaban J connectivity index is 1.57. The van der Waals surface area contributed by atoms with Crippen LogP contribution in [-0.4, -0.2) is 21.0 Å². The van der Waals surface area contributed by atoms with Gasteiger partial charge >= 0.3 is 0 Å². The predicted octanol–water partition coefficient (Wildman–Crippen LogP) is 7.05. The molecule has 2 heterocycles. The fraction of sp³-hybridized carbons (Fsp3) is 0.0476. The zero-order valence-electron chi connectivity index (χ0n) is 15.9. The third-order valence-corrected chi connectivity index (χ3v) is 6.40. The zero-order valence-corrected chi connectivity index (χ0v) is 19.0. The molecule has 0 bridgehead atoms. The van der Waals surface area contributed by atoms with Gasteiger partial charge in [-0.15, -0.1) is 0 Å². The van der Waals surface area contributed by atoms with Crippen LogP contribution in [0, 0.1) is 10.1 Å². The van der Waals surface area contributed by atoms with Crippen molar-refractivity contribution in [1.29, 1.82) is 0 Å². The highest BCUT2D eigenvalue weighted by molar-refractivity contribution is 8.18. The van der Waals surface area contributed by atoms with E-state index in [9.17, 15) is 19.7 Å². The second-order valence-corrected chi connectivity index (χ2v) is 8.88. The predicted molar refractivity (Wildman–Crippen MR) is 124 cm³/mol. The molecule has 4 rings (SSSR count). The summed E-state index contributed by atoms with van der Waals surface area (Å²) in [6, 6.07) is 12.2. The number of thioether (sulfide) groups is 1. The molecule has 0 radical (unpaired) electrons.